The van der Waals surface area contributed by atoms with Gasteiger partial charge in [-0.1, -0.05) is 24.3 Å². The molecule has 1 saturated heterocycles. The van der Waals surface area contributed by atoms with Crippen LogP contribution >= 0.6 is 0 Å². The Kier molecular flexibility index (Phi) is 4.77. The number of carbonyl (C=O) groups excluding carboxylic acids is 1. The van der Waals surface area contributed by atoms with E-state index in [0.29, 0.717) is 19.6 Å². The smallest absolute Gasteiger partial charge is 0.227 e. The fraction of sp³-hybridized carbons (Fsp3) is 0.304. The molecule has 1 aliphatic rings. The third kappa shape index (κ3) is 3.48. The lowest BCUT2D eigenvalue weighted by Crippen LogP contribution is -2.55. The molecule has 0 bridgehead atoms. The van der Waals surface area contributed by atoms with Crippen molar-refractivity contribution in [2.75, 3.05) is 24.5 Å². The summed E-state index contributed by atoms with van der Waals surface area (Å²) in [6.45, 7) is 5.89. The second-order valence-electron chi connectivity index (χ2n) is 8.02. The van der Waals surface area contributed by atoms with E-state index in [1.165, 1.54) is 12.1 Å². The molecule has 1 atom stereocenters. The molecule has 3 heterocycles. The van der Waals surface area contributed by atoms with Crippen LogP contribution < -0.4 is 4.90 Å². The van der Waals surface area contributed by atoms with Crippen LogP contribution in [0.15, 0.2) is 48.5 Å². The molecule has 31 heavy (non-hydrogen) atoms. The van der Waals surface area contributed by atoms with Crippen LogP contribution in [-0.2, 0) is 11.2 Å². The van der Waals surface area contributed by atoms with Crippen molar-refractivity contribution in [3.05, 3.63) is 65.7 Å². The van der Waals surface area contributed by atoms with Crippen LogP contribution in [0.25, 0.3) is 16.6 Å². The number of aryl methyl sites for hydroxylation is 1. The molecule has 5 rings (SSSR count). The Morgan fingerprint density at radius 3 is 2.65 bits per heavy atom. The maximum absolute atomic E-state index is 13.1. The van der Waals surface area contributed by atoms with Crippen LogP contribution in [0, 0.1) is 12.7 Å². The van der Waals surface area contributed by atoms with Gasteiger partial charge in [0.15, 0.2) is 5.65 Å². The van der Waals surface area contributed by atoms with E-state index in [1.807, 2.05) is 47.4 Å². The van der Waals surface area contributed by atoms with Crippen LogP contribution in [0.4, 0.5) is 10.3 Å². The predicted octanol–water partition coefficient (Wildman–Crippen LogP) is 3.00. The number of halogens is 1. The number of hydrogen-bond acceptors (Lipinski definition) is 5. The van der Waals surface area contributed by atoms with Crippen LogP contribution in [0.1, 0.15) is 18.3 Å². The van der Waals surface area contributed by atoms with E-state index in [0.717, 1.165) is 33.9 Å². The molecule has 1 aliphatic heterocycles. The van der Waals surface area contributed by atoms with E-state index in [-0.39, 0.29) is 24.2 Å². The van der Waals surface area contributed by atoms with Gasteiger partial charge in [0, 0.05) is 31.1 Å². The zero-order valence-corrected chi connectivity index (χ0v) is 17.5. The Morgan fingerprint density at radius 2 is 1.87 bits per heavy atom. The first-order chi connectivity index (χ1) is 15.0. The van der Waals surface area contributed by atoms with Crippen LogP contribution in [-0.4, -0.2) is 56.1 Å². The van der Waals surface area contributed by atoms with E-state index in [2.05, 4.69) is 15.1 Å². The topological polar surface area (TPSA) is 66.6 Å². The predicted molar refractivity (Wildman–Crippen MR) is 117 cm³/mol. The maximum Gasteiger partial charge on any atom is 0.227 e. The van der Waals surface area contributed by atoms with Crippen LogP contribution in [0.2, 0.25) is 0 Å². The van der Waals surface area contributed by atoms with Gasteiger partial charge in [0.05, 0.1) is 11.9 Å². The average molecular weight is 418 g/mol. The van der Waals surface area contributed by atoms with Gasteiger partial charge in [-0.3, -0.25) is 4.79 Å². The minimum Gasteiger partial charge on any atom is -0.338 e. The fourth-order valence-corrected chi connectivity index (χ4v) is 4.29. The Hall–Kier alpha value is -3.55. The number of rotatable bonds is 3. The summed E-state index contributed by atoms with van der Waals surface area (Å²) in [5.41, 5.74) is 2.49. The van der Waals surface area contributed by atoms with Gasteiger partial charge in [-0.2, -0.15) is 0 Å². The minimum atomic E-state index is -0.295. The van der Waals surface area contributed by atoms with Crippen molar-refractivity contribution in [2.24, 2.45) is 0 Å². The number of para-hydroxylation sites is 1. The number of amides is 1. The SMILES string of the molecule is Cc1nnc2c3ccccc3nc(N3CCN(C(=O)Cc4ccc(F)cc4)C(C)C3)n12. The molecule has 0 N–H and O–H groups in total. The summed E-state index contributed by atoms with van der Waals surface area (Å²) >= 11 is 0. The first-order valence-corrected chi connectivity index (χ1v) is 10.4. The molecule has 8 heteroatoms. The van der Waals surface area contributed by atoms with Gasteiger partial charge in [0.2, 0.25) is 11.9 Å². The third-order valence-corrected chi connectivity index (χ3v) is 5.89. The van der Waals surface area contributed by atoms with E-state index in [9.17, 15) is 9.18 Å². The summed E-state index contributed by atoms with van der Waals surface area (Å²) in [6.07, 6.45) is 0.271. The molecule has 4 aromatic rings. The zero-order valence-electron chi connectivity index (χ0n) is 17.5. The Labute approximate surface area is 179 Å². The number of aromatic nitrogens is 4. The molecule has 2 aromatic heterocycles. The normalized spacial score (nSPS) is 16.9. The van der Waals surface area contributed by atoms with Crippen molar-refractivity contribution in [2.45, 2.75) is 26.3 Å². The summed E-state index contributed by atoms with van der Waals surface area (Å²) in [5.74, 6) is 1.34. The standard InChI is InChI=1S/C23H23FN6O/c1-15-14-28(11-12-29(15)21(31)13-17-7-9-18(24)10-8-17)23-25-20-6-4-3-5-19(20)22-27-26-16(2)30(22)23/h3-10,15H,11-14H2,1-2H3. The van der Waals surface area contributed by atoms with Gasteiger partial charge in [-0.15, -0.1) is 10.2 Å². The van der Waals surface area contributed by atoms with Crippen LogP contribution in [0.5, 0.6) is 0 Å². The van der Waals surface area contributed by atoms with Gasteiger partial charge in [-0.05, 0) is 43.7 Å². The molecule has 1 fully saturated rings. The first kappa shape index (κ1) is 19.4. The molecule has 7 nitrogen and oxygen atoms in total. The van der Waals surface area contributed by atoms with E-state index in [4.69, 9.17) is 4.98 Å². The van der Waals surface area contributed by atoms with Gasteiger partial charge in [-0.25, -0.2) is 13.8 Å². The second kappa shape index (κ2) is 7.61. The molecular formula is C23H23FN6O. The highest BCUT2D eigenvalue weighted by atomic mass is 19.1. The fourth-order valence-electron chi connectivity index (χ4n) is 4.29. The lowest BCUT2D eigenvalue weighted by Gasteiger charge is -2.40. The summed E-state index contributed by atoms with van der Waals surface area (Å²) in [5, 5.41) is 9.61. The Balaban J connectivity index is 1.40. The molecule has 0 saturated carbocycles. The molecule has 1 unspecified atom stereocenters. The number of hydrogen-bond donors (Lipinski definition) is 0. The molecular weight excluding hydrogens is 395 g/mol. The molecule has 0 radical (unpaired) electrons. The van der Waals surface area contributed by atoms with E-state index in [1.54, 1.807) is 12.1 Å². The summed E-state index contributed by atoms with van der Waals surface area (Å²) < 4.78 is 15.1. The zero-order chi connectivity index (χ0) is 21.5. The van der Waals surface area contributed by atoms with Gasteiger partial charge >= 0.3 is 0 Å². The third-order valence-electron chi connectivity index (χ3n) is 5.89. The lowest BCUT2D eigenvalue weighted by atomic mass is 10.1. The Bertz CT molecular complexity index is 1270. The van der Waals surface area contributed by atoms with E-state index >= 15 is 0 Å². The van der Waals surface area contributed by atoms with Crippen molar-refractivity contribution >= 4 is 28.4 Å². The average Bonchev–Trinajstić information content (AvgIpc) is 3.16. The lowest BCUT2D eigenvalue weighted by molar-refractivity contribution is -0.132. The largest absolute Gasteiger partial charge is 0.338 e. The molecule has 2 aromatic carbocycles. The van der Waals surface area contributed by atoms with Crippen LogP contribution in [0.3, 0.4) is 0 Å². The highest BCUT2D eigenvalue weighted by Crippen LogP contribution is 2.25. The molecule has 0 spiro atoms. The van der Waals surface area contributed by atoms with Crippen molar-refractivity contribution in [1.82, 2.24) is 24.5 Å². The number of nitrogens with zero attached hydrogens (tertiary/aromatic N) is 6. The van der Waals surface area contributed by atoms with Crippen molar-refractivity contribution in [1.29, 1.82) is 0 Å². The van der Waals surface area contributed by atoms with Gasteiger partial charge < -0.3 is 9.80 Å². The highest BCUT2D eigenvalue weighted by molar-refractivity contribution is 5.92. The highest BCUT2D eigenvalue weighted by Gasteiger charge is 2.30. The van der Waals surface area contributed by atoms with Crippen molar-refractivity contribution in [3.8, 4) is 0 Å². The molecule has 1 amide bonds. The molecule has 158 valence electrons. The monoisotopic (exact) mass is 418 g/mol. The van der Waals surface area contributed by atoms with Gasteiger partial charge in [0.25, 0.3) is 0 Å². The number of fused-ring (bicyclic) bond motifs is 3. The van der Waals surface area contributed by atoms with Crippen molar-refractivity contribution < 1.29 is 9.18 Å². The second-order valence-corrected chi connectivity index (χ2v) is 8.02. The number of anilines is 1. The number of piperazine rings is 1. The number of carbonyl (C=O) groups is 1. The quantitative estimate of drug-likeness (QED) is 0.512. The van der Waals surface area contributed by atoms with Crippen molar-refractivity contribution in [3.63, 3.8) is 0 Å². The maximum atomic E-state index is 13.1. The summed E-state index contributed by atoms with van der Waals surface area (Å²) in [7, 11) is 0. The van der Waals surface area contributed by atoms with Gasteiger partial charge in [0.1, 0.15) is 11.6 Å². The number of benzene rings is 2. The molecule has 0 aliphatic carbocycles. The Morgan fingerprint density at radius 1 is 1.10 bits per heavy atom. The minimum absolute atomic E-state index is 0.0156. The summed E-state index contributed by atoms with van der Waals surface area (Å²) in [6, 6.07) is 14.1. The van der Waals surface area contributed by atoms with E-state index < -0.39 is 0 Å². The summed E-state index contributed by atoms with van der Waals surface area (Å²) in [4.78, 5) is 21.9. The first-order valence-electron chi connectivity index (χ1n) is 10.4.